The second kappa shape index (κ2) is 8.27. The molecule has 0 aliphatic heterocycles. The number of benzene rings is 1. The third-order valence-electron chi connectivity index (χ3n) is 7.89. The number of aromatic hydroxyl groups is 2. The Balaban J connectivity index is 2.01. The van der Waals surface area contributed by atoms with Crippen molar-refractivity contribution in [1.82, 2.24) is 5.32 Å². The Kier molecular flexibility index (Phi) is 6.30. The highest BCUT2D eigenvalue weighted by molar-refractivity contribution is 5.99. The fraction of sp³-hybridized carbons (Fsp3) is 0.708. The number of phenolic OH excluding ortho intramolecular Hbond substituents is 2. The second-order valence-electron chi connectivity index (χ2n) is 10.3. The van der Waals surface area contributed by atoms with Crippen LogP contribution in [0.3, 0.4) is 0 Å². The van der Waals surface area contributed by atoms with E-state index in [-0.39, 0.29) is 46.0 Å². The van der Waals surface area contributed by atoms with E-state index in [9.17, 15) is 15.0 Å². The van der Waals surface area contributed by atoms with Crippen LogP contribution in [0.25, 0.3) is 0 Å². The first-order valence-corrected chi connectivity index (χ1v) is 11.1. The fourth-order valence-electron chi connectivity index (χ4n) is 6.54. The monoisotopic (exact) mass is 402 g/mol. The SMILES string of the molecule is C[C@@H]1[C@H](NCCCN)C[C@H]2C(C)(C)CCC[C@]2(C)[C@H]1C(=O)c1cc(O)cc(O)c1. The molecule has 2 fully saturated rings. The summed E-state index contributed by atoms with van der Waals surface area (Å²) in [7, 11) is 0. The highest BCUT2D eigenvalue weighted by Crippen LogP contribution is 2.61. The predicted octanol–water partition coefficient (Wildman–Crippen LogP) is 4.08. The van der Waals surface area contributed by atoms with Crippen LogP contribution in [0.2, 0.25) is 0 Å². The zero-order chi connectivity index (χ0) is 21.4. The first-order chi connectivity index (χ1) is 13.6. The molecule has 3 rings (SSSR count). The van der Waals surface area contributed by atoms with Crippen molar-refractivity contribution >= 4 is 5.78 Å². The quantitative estimate of drug-likeness (QED) is 0.425. The molecule has 2 aliphatic rings. The number of nitrogens with two attached hydrogens (primary N) is 1. The number of nitrogens with one attached hydrogen (secondary N) is 1. The number of rotatable bonds is 6. The molecule has 29 heavy (non-hydrogen) atoms. The van der Waals surface area contributed by atoms with Crippen LogP contribution in [0, 0.1) is 28.6 Å². The maximum atomic E-state index is 13.8. The van der Waals surface area contributed by atoms with Crippen molar-refractivity contribution < 1.29 is 15.0 Å². The van der Waals surface area contributed by atoms with Crippen molar-refractivity contribution in [2.24, 2.45) is 34.3 Å². The zero-order valence-electron chi connectivity index (χ0n) is 18.4. The summed E-state index contributed by atoms with van der Waals surface area (Å²) >= 11 is 0. The van der Waals surface area contributed by atoms with Crippen molar-refractivity contribution in [3.8, 4) is 11.5 Å². The standard InChI is InChI=1S/C24H38N2O3/c1-15-19(26-10-6-9-25)14-20-23(2,3)7-5-8-24(20,4)21(15)22(29)16-11-17(27)13-18(28)12-16/h11-13,15,19-21,26-28H,5-10,14,25H2,1-4H3/t15-,19-,20+,21-,24+/m1/s1. The molecule has 1 aromatic rings. The Bertz CT molecular complexity index is 727. The van der Waals surface area contributed by atoms with Crippen molar-refractivity contribution in [2.45, 2.75) is 65.8 Å². The molecule has 5 nitrogen and oxygen atoms in total. The van der Waals surface area contributed by atoms with Crippen LogP contribution in [0.15, 0.2) is 18.2 Å². The maximum absolute atomic E-state index is 13.8. The van der Waals surface area contributed by atoms with Crippen LogP contribution in [0.4, 0.5) is 0 Å². The van der Waals surface area contributed by atoms with Gasteiger partial charge in [-0.1, -0.05) is 34.1 Å². The number of Topliss-reactive ketones (excluding diaryl/α,β-unsaturated/α-hetero) is 1. The molecule has 0 unspecified atom stereocenters. The number of phenols is 2. The van der Waals surface area contributed by atoms with Gasteiger partial charge in [-0.2, -0.15) is 0 Å². The van der Waals surface area contributed by atoms with E-state index in [1.165, 1.54) is 24.6 Å². The predicted molar refractivity (Wildman–Crippen MR) is 116 cm³/mol. The van der Waals surface area contributed by atoms with Crippen LogP contribution in [-0.4, -0.2) is 35.1 Å². The van der Waals surface area contributed by atoms with Crippen molar-refractivity contribution in [1.29, 1.82) is 0 Å². The Labute approximate surface area is 175 Å². The van der Waals surface area contributed by atoms with Gasteiger partial charge >= 0.3 is 0 Å². The molecule has 5 atom stereocenters. The van der Waals surface area contributed by atoms with Crippen molar-refractivity contribution in [3.63, 3.8) is 0 Å². The van der Waals surface area contributed by atoms with Crippen molar-refractivity contribution in [3.05, 3.63) is 23.8 Å². The molecule has 2 aliphatic carbocycles. The van der Waals surface area contributed by atoms with Crippen LogP contribution in [-0.2, 0) is 0 Å². The number of ketones is 1. The number of fused-ring (bicyclic) bond motifs is 1. The molecule has 0 heterocycles. The van der Waals surface area contributed by atoms with E-state index in [0.717, 1.165) is 32.2 Å². The van der Waals surface area contributed by atoms with Gasteiger partial charge in [-0.05, 0) is 73.6 Å². The van der Waals surface area contributed by atoms with Gasteiger partial charge in [0, 0.05) is 23.6 Å². The van der Waals surface area contributed by atoms with Gasteiger partial charge in [0.25, 0.3) is 0 Å². The third-order valence-corrected chi connectivity index (χ3v) is 7.89. The molecule has 1 aromatic carbocycles. The lowest BCUT2D eigenvalue weighted by atomic mass is 9.45. The molecule has 0 bridgehead atoms. The van der Waals surface area contributed by atoms with Gasteiger partial charge in [0.2, 0.25) is 0 Å². The van der Waals surface area contributed by atoms with E-state index in [0.29, 0.717) is 18.0 Å². The Morgan fingerprint density at radius 3 is 2.45 bits per heavy atom. The van der Waals surface area contributed by atoms with Gasteiger partial charge in [-0.3, -0.25) is 4.79 Å². The van der Waals surface area contributed by atoms with E-state index < -0.39 is 0 Å². The molecular weight excluding hydrogens is 364 g/mol. The second-order valence-corrected chi connectivity index (χ2v) is 10.3. The summed E-state index contributed by atoms with van der Waals surface area (Å²) in [5, 5.41) is 23.6. The molecule has 5 heteroatoms. The summed E-state index contributed by atoms with van der Waals surface area (Å²) in [5.74, 6) is 0.354. The van der Waals surface area contributed by atoms with Gasteiger partial charge in [0.15, 0.2) is 5.78 Å². The Morgan fingerprint density at radius 2 is 1.83 bits per heavy atom. The van der Waals surface area contributed by atoms with Crippen molar-refractivity contribution in [2.75, 3.05) is 13.1 Å². The topological polar surface area (TPSA) is 95.6 Å². The zero-order valence-corrected chi connectivity index (χ0v) is 18.4. The largest absolute Gasteiger partial charge is 0.508 e. The molecule has 0 radical (unpaired) electrons. The van der Waals surface area contributed by atoms with Gasteiger partial charge in [-0.25, -0.2) is 0 Å². The van der Waals surface area contributed by atoms with Gasteiger partial charge in [0.05, 0.1) is 0 Å². The molecule has 0 saturated heterocycles. The van der Waals surface area contributed by atoms with Crippen LogP contribution in [0.1, 0.15) is 70.2 Å². The van der Waals surface area contributed by atoms with E-state index in [2.05, 4.69) is 33.0 Å². The first kappa shape index (κ1) is 22.1. The molecular formula is C24H38N2O3. The van der Waals surface area contributed by atoms with Gasteiger partial charge < -0.3 is 21.3 Å². The highest BCUT2D eigenvalue weighted by atomic mass is 16.3. The lowest BCUT2D eigenvalue weighted by Gasteiger charge is -2.60. The van der Waals surface area contributed by atoms with Gasteiger partial charge in [0.1, 0.15) is 11.5 Å². The first-order valence-electron chi connectivity index (χ1n) is 11.1. The minimum Gasteiger partial charge on any atom is -0.508 e. The van der Waals surface area contributed by atoms with E-state index in [4.69, 9.17) is 5.73 Å². The summed E-state index contributed by atoms with van der Waals surface area (Å²) < 4.78 is 0. The fourth-order valence-corrected chi connectivity index (χ4v) is 6.54. The average Bonchev–Trinajstić information content (AvgIpc) is 2.61. The minimum absolute atomic E-state index is 0.0409. The van der Waals surface area contributed by atoms with E-state index >= 15 is 0 Å². The molecule has 0 amide bonds. The highest BCUT2D eigenvalue weighted by Gasteiger charge is 2.58. The molecule has 0 aromatic heterocycles. The molecule has 2 saturated carbocycles. The van der Waals surface area contributed by atoms with Crippen LogP contribution in [0.5, 0.6) is 11.5 Å². The van der Waals surface area contributed by atoms with E-state index in [1.54, 1.807) is 0 Å². The Morgan fingerprint density at radius 1 is 1.17 bits per heavy atom. The number of hydrogen-bond acceptors (Lipinski definition) is 5. The smallest absolute Gasteiger partial charge is 0.167 e. The average molecular weight is 403 g/mol. The lowest BCUT2D eigenvalue weighted by Crippen LogP contribution is -2.60. The van der Waals surface area contributed by atoms with Crippen LogP contribution >= 0.6 is 0 Å². The summed E-state index contributed by atoms with van der Waals surface area (Å²) in [6.45, 7) is 10.7. The van der Waals surface area contributed by atoms with Crippen LogP contribution < -0.4 is 11.1 Å². The molecule has 0 spiro atoms. The Hall–Kier alpha value is -1.59. The summed E-state index contributed by atoms with van der Waals surface area (Å²) in [6, 6.07) is 4.52. The van der Waals surface area contributed by atoms with E-state index in [1.807, 2.05) is 0 Å². The molecule has 5 N–H and O–H groups in total. The summed E-state index contributed by atoms with van der Waals surface area (Å²) in [5.41, 5.74) is 6.18. The summed E-state index contributed by atoms with van der Waals surface area (Å²) in [4.78, 5) is 13.8. The number of carbonyl (C=O) groups is 1. The summed E-state index contributed by atoms with van der Waals surface area (Å²) in [6.07, 6.45) is 5.36. The normalized spacial score (nSPS) is 33.8. The minimum atomic E-state index is -0.155. The van der Waals surface area contributed by atoms with Gasteiger partial charge in [-0.15, -0.1) is 0 Å². The maximum Gasteiger partial charge on any atom is 0.167 e. The number of hydrogen-bond donors (Lipinski definition) is 4. The lowest BCUT2D eigenvalue weighted by molar-refractivity contribution is -0.0914. The molecule has 162 valence electrons. The number of carbonyl (C=O) groups excluding carboxylic acids is 1. The third kappa shape index (κ3) is 4.17.